The quantitative estimate of drug-likeness (QED) is 0.712. The summed E-state index contributed by atoms with van der Waals surface area (Å²) in [5.74, 6) is 2.25. The van der Waals surface area contributed by atoms with Crippen LogP contribution in [0, 0.1) is 0 Å². The molecule has 2 aromatic rings. The monoisotopic (exact) mass is 328 g/mol. The van der Waals surface area contributed by atoms with Gasteiger partial charge in [0.2, 0.25) is 0 Å². The van der Waals surface area contributed by atoms with Gasteiger partial charge in [-0.2, -0.15) is 11.8 Å². The van der Waals surface area contributed by atoms with Crippen LogP contribution in [-0.2, 0) is 5.75 Å². The van der Waals surface area contributed by atoms with Crippen LogP contribution in [0.4, 0.5) is 10.5 Å². The van der Waals surface area contributed by atoms with Gasteiger partial charge in [0.05, 0.1) is 0 Å². The number of nitrogens with one attached hydrogen (secondary N) is 2. The summed E-state index contributed by atoms with van der Waals surface area (Å²) in [6, 6.07) is 18.2. The predicted octanol–water partition coefficient (Wildman–Crippen LogP) is 4.86. The van der Waals surface area contributed by atoms with Gasteiger partial charge >= 0.3 is 6.03 Å². The van der Waals surface area contributed by atoms with Crippen molar-refractivity contribution < 1.29 is 4.79 Å². The van der Waals surface area contributed by atoms with Crippen molar-refractivity contribution in [3.8, 4) is 0 Å². The molecule has 0 radical (unpaired) electrons. The maximum absolute atomic E-state index is 12.0. The number of hydrogen-bond acceptors (Lipinski definition) is 2. The van der Waals surface area contributed by atoms with Crippen molar-refractivity contribution >= 4 is 23.5 Å². The standard InChI is InChI=1S/C19H24N2OS/c1-15(2)17-10-6-7-11-18(17)21-19(22)20-12-13-23-14-16-8-4-3-5-9-16/h3-11,15H,12-14H2,1-2H3,(H2,20,21,22). The molecule has 2 N–H and O–H groups in total. The first-order valence-electron chi connectivity index (χ1n) is 7.92. The van der Waals surface area contributed by atoms with E-state index in [1.54, 1.807) is 0 Å². The van der Waals surface area contributed by atoms with E-state index >= 15 is 0 Å². The van der Waals surface area contributed by atoms with Gasteiger partial charge in [-0.1, -0.05) is 62.4 Å². The average Bonchev–Trinajstić information content (AvgIpc) is 2.56. The van der Waals surface area contributed by atoms with Crippen molar-refractivity contribution in [2.24, 2.45) is 0 Å². The smallest absolute Gasteiger partial charge is 0.319 e. The summed E-state index contributed by atoms with van der Waals surface area (Å²) in [6.07, 6.45) is 0. The summed E-state index contributed by atoms with van der Waals surface area (Å²) in [6.45, 7) is 4.91. The maximum Gasteiger partial charge on any atom is 0.319 e. The van der Waals surface area contributed by atoms with E-state index in [2.05, 4.69) is 42.7 Å². The number of anilines is 1. The summed E-state index contributed by atoms with van der Waals surface area (Å²) in [5.41, 5.74) is 3.35. The molecule has 3 nitrogen and oxygen atoms in total. The average molecular weight is 328 g/mol. The first-order valence-corrected chi connectivity index (χ1v) is 9.07. The summed E-state index contributed by atoms with van der Waals surface area (Å²) >= 11 is 1.82. The highest BCUT2D eigenvalue weighted by molar-refractivity contribution is 7.98. The lowest BCUT2D eigenvalue weighted by Gasteiger charge is -2.14. The number of rotatable bonds is 7. The van der Waals surface area contributed by atoms with E-state index < -0.39 is 0 Å². The Balaban J connectivity index is 1.69. The highest BCUT2D eigenvalue weighted by Gasteiger charge is 2.08. The van der Waals surface area contributed by atoms with E-state index in [0.717, 1.165) is 22.8 Å². The van der Waals surface area contributed by atoms with Gasteiger partial charge in [-0.15, -0.1) is 0 Å². The molecule has 2 rings (SSSR count). The summed E-state index contributed by atoms with van der Waals surface area (Å²) in [7, 11) is 0. The van der Waals surface area contributed by atoms with E-state index in [4.69, 9.17) is 0 Å². The van der Waals surface area contributed by atoms with Crippen LogP contribution >= 0.6 is 11.8 Å². The minimum absolute atomic E-state index is 0.140. The molecule has 122 valence electrons. The molecule has 0 saturated carbocycles. The Hall–Kier alpha value is -1.94. The fraction of sp³-hybridized carbons (Fsp3) is 0.316. The number of carbonyl (C=O) groups excluding carboxylic acids is 1. The van der Waals surface area contributed by atoms with E-state index in [1.807, 2.05) is 48.2 Å². The van der Waals surface area contributed by atoms with Crippen LogP contribution in [0.5, 0.6) is 0 Å². The van der Waals surface area contributed by atoms with Gasteiger partial charge in [0, 0.05) is 23.7 Å². The molecule has 0 aliphatic carbocycles. The Morgan fingerprint density at radius 1 is 1.04 bits per heavy atom. The van der Waals surface area contributed by atoms with Gasteiger partial charge in [-0.05, 0) is 23.1 Å². The molecule has 2 amide bonds. The Bertz CT molecular complexity index is 614. The zero-order chi connectivity index (χ0) is 16.5. The molecule has 0 bridgehead atoms. The lowest BCUT2D eigenvalue weighted by Crippen LogP contribution is -2.30. The third kappa shape index (κ3) is 5.99. The molecular weight excluding hydrogens is 304 g/mol. The fourth-order valence-electron chi connectivity index (χ4n) is 2.28. The van der Waals surface area contributed by atoms with Crippen LogP contribution in [0.15, 0.2) is 54.6 Å². The van der Waals surface area contributed by atoms with Crippen molar-refractivity contribution in [3.63, 3.8) is 0 Å². The Morgan fingerprint density at radius 2 is 1.74 bits per heavy atom. The van der Waals surface area contributed by atoms with Gasteiger partial charge in [-0.3, -0.25) is 0 Å². The molecule has 0 aliphatic rings. The minimum Gasteiger partial charge on any atom is -0.337 e. The van der Waals surface area contributed by atoms with Crippen molar-refractivity contribution in [2.45, 2.75) is 25.5 Å². The largest absolute Gasteiger partial charge is 0.337 e. The zero-order valence-corrected chi connectivity index (χ0v) is 14.5. The predicted molar refractivity (Wildman–Crippen MR) is 100 cm³/mol. The molecule has 0 fully saturated rings. The van der Waals surface area contributed by atoms with Gasteiger partial charge in [0.25, 0.3) is 0 Å². The number of urea groups is 1. The second-order valence-electron chi connectivity index (χ2n) is 5.66. The molecule has 4 heteroatoms. The number of para-hydroxylation sites is 1. The summed E-state index contributed by atoms with van der Waals surface area (Å²) in [5, 5.41) is 5.85. The van der Waals surface area contributed by atoms with Gasteiger partial charge in [0.1, 0.15) is 0 Å². The molecule has 0 unspecified atom stereocenters. The molecule has 23 heavy (non-hydrogen) atoms. The first kappa shape index (κ1) is 17.4. The minimum atomic E-state index is -0.140. The Morgan fingerprint density at radius 3 is 2.48 bits per heavy atom. The topological polar surface area (TPSA) is 41.1 Å². The Kier molecular flexibility index (Phi) is 7.01. The second-order valence-corrected chi connectivity index (χ2v) is 6.77. The third-order valence-electron chi connectivity index (χ3n) is 3.47. The molecule has 0 spiro atoms. The molecule has 0 saturated heterocycles. The van der Waals surface area contributed by atoms with Crippen LogP contribution in [0.1, 0.15) is 30.9 Å². The van der Waals surface area contributed by atoms with Crippen molar-refractivity contribution in [3.05, 3.63) is 65.7 Å². The van der Waals surface area contributed by atoms with Crippen LogP contribution < -0.4 is 10.6 Å². The van der Waals surface area contributed by atoms with Crippen LogP contribution in [0.25, 0.3) is 0 Å². The third-order valence-corrected chi connectivity index (χ3v) is 4.50. The van der Waals surface area contributed by atoms with Gasteiger partial charge in [0.15, 0.2) is 0 Å². The molecule has 0 heterocycles. The first-order chi connectivity index (χ1) is 11.2. The fourth-order valence-corrected chi connectivity index (χ4v) is 3.10. The zero-order valence-electron chi connectivity index (χ0n) is 13.7. The summed E-state index contributed by atoms with van der Waals surface area (Å²) in [4.78, 5) is 12.0. The van der Waals surface area contributed by atoms with Crippen molar-refractivity contribution in [2.75, 3.05) is 17.6 Å². The number of benzene rings is 2. The molecule has 0 aromatic heterocycles. The highest BCUT2D eigenvalue weighted by Crippen LogP contribution is 2.23. The van der Waals surface area contributed by atoms with E-state index in [1.165, 1.54) is 5.56 Å². The molecule has 0 atom stereocenters. The van der Waals surface area contributed by atoms with E-state index in [0.29, 0.717) is 12.5 Å². The number of carbonyl (C=O) groups is 1. The maximum atomic E-state index is 12.0. The highest BCUT2D eigenvalue weighted by atomic mass is 32.2. The molecular formula is C19H24N2OS. The molecule has 0 aliphatic heterocycles. The lowest BCUT2D eigenvalue weighted by molar-refractivity contribution is 0.252. The van der Waals surface area contributed by atoms with Gasteiger partial charge < -0.3 is 10.6 Å². The van der Waals surface area contributed by atoms with Crippen molar-refractivity contribution in [1.29, 1.82) is 0 Å². The summed E-state index contributed by atoms with van der Waals surface area (Å²) < 4.78 is 0. The SMILES string of the molecule is CC(C)c1ccccc1NC(=O)NCCSCc1ccccc1. The van der Waals surface area contributed by atoms with Crippen LogP contribution in [-0.4, -0.2) is 18.3 Å². The molecule has 2 aromatic carbocycles. The van der Waals surface area contributed by atoms with Crippen LogP contribution in [0.2, 0.25) is 0 Å². The lowest BCUT2D eigenvalue weighted by atomic mass is 10.0. The van der Waals surface area contributed by atoms with Crippen LogP contribution in [0.3, 0.4) is 0 Å². The van der Waals surface area contributed by atoms with E-state index in [-0.39, 0.29) is 6.03 Å². The normalized spacial score (nSPS) is 10.6. The van der Waals surface area contributed by atoms with Crippen molar-refractivity contribution in [1.82, 2.24) is 5.32 Å². The van der Waals surface area contributed by atoms with Gasteiger partial charge in [-0.25, -0.2) is 4.79 Å². The van der Waals surface area contributed by atoms with E-state index in [9.17, 15) is 4.79 Å². The number of amides is 2. The number of hydrogen-bond donors (Lipinski definition) is 2. The Labute approximate surface area is 142 Å². The number of thioether (sulfide) groups is 1. The second kappa shape index (κ2) is 9.26.